The number of fused-ring (bicyclic) bond motifs is 1. The molecule has 2 atom stereocenters. The molecule has 0 bridgehead atoms. The van der Waals surface area contributed by atoms with Crippen LogP contribution in [0.1, 0.15) is 6.92 Å². The standard InChI is InChI=1S/C16H17N3O3S/c1-12(22-13-5-4-8-17-11-13)16(20)19-23(21)10-9-18-14-6-2-3-7-15(14)23/h2-8,11-12,18H,9-10H2,1H3. The molecule has 1 N–H and O–H groups in total. The van der Waals surface area contributed by atoms with Gasteiger partial charge in [-0.05, 0) is 31.2 Å². The van der Waals surface area contributed by atoms with Crippen LogP contribution in [0.25, 0.3) is 0 Å². The van der Waals surface area contributed by atoms with E-state index in [2.05, 4.69) is 14.7 Å². The van der Waals surface area contributed by atoms with Crippen LogP contribution in [0.2, 0.25) is 0 Å². The van der Waals surface area contributed by atoms with Gasteiger partial charge in [0, 0.05) is 12.7 Å². The van der Waals surface area contributed by atoms with Gasteiger partial charge in [0.15, 0.2) is 6.10 Å². The van der Waals surface area contributed by atoms with Gasteiger partial charge in [-0.25, -0.2) is 4.21 Å². The van der Waals surface area contributed by atoms with E-state index in [1.54, 1.807) is 37.4 Å². The van der Waals surface area contributed by atoms with E-state index in [9.17, 15) is 9.00 Å². The zero-order valence-corrected chi connectivity index (χ0v) is 13.5. The molecule has 7 heteroatoms. The van der Waals surface area contributed by atoms with E-state index in [0.717, 1.165) is 5.69 Å². The number of rotatable bonds is 3. The number of carbonyl (C=O) groups excluding carboxylic acids is 1. The van der Waals surface area contributed by atoms with Gasteiger partial charge in [-0.2, -0.15) is 4.36 Å². The fraction of sp³-hybridized carbons (Fsp3) is 0.250. The number of carbonyl (C=O) groups is 1. The predicted octanol–water partition coefficient (Wildman–Crippen LogP) is 2.33. The fourth-order valence-electron chi connectivity index (χ4n) is 2.31. The minimum absolute atomic E-state index is 0.301. The molecule has 2 heterocycles. The average molecular weight is 331 g/mol. The number of amides is 1. The van der Waals surface area contributed by atoms with E-state index in [1.165, 1.54) is 6.20 Å². The van der Waals surface area contributed by atoms with Gasteiger partial charge in [0.25, 0.3) is 5.91 Å². The van der Waals surface area contributed by atoms with Gasteiger partial charge in [0.1, 0.15) is 5.75 Å². The summed E-state index contributed by atoms with van der Waals surface area (Å²) in [6.07, 6.45) is 2.31. The lowest BCUT2D eigenvalue weighted by Crippen LogP contribution is -2.27. The van der Waals surface area contributed by atoms with Crippen molar-refractivity contribution >= 4 is 21.3 Å². The molecule has 3 rings (SSSR count). The Kier molecular flexibility index (Phi) is 4.29. The third kappa shape index (κ3) is 3.34. The predicted molar refractivity (Wildman–Crippen MR) is 88.0 cm³/mol. The molecule has 120 valence electrons. The topological polar surface area (TPSA) is 80.7 Å². The molecular formula is C16H17N3O3S. The molecule has 6 nitrogen and oxygen atoms in total. The second-order valence-electron chi connectivity index (χ2n) is 5.15. The smallest absolute Gasteiger partial charge is 0.294 e. The summed E-state index contributed by atoms with van der Waals surface area (Å²) < 4.78 is 22.6. The van der Waals surface area contributed by atoms with Crippen molar-refractivity contribution in [3.63, 3.8) is 0 Å². The normalized spacial score (nSPS) is 20.7. The Morgan fingerprint density at radius 3 is 2.96 bits per heavy atom. The largest absolute Gasteiger partial charge is 0.479 e. The molecule has 1 aromatic heterocycles. The summed E-state index contributed by atoms with van der Waals surface area (Å²) in [6.45, 7) is 2.11. The Hall–Kier alpha value is -2.41. The van der Waals surface area contributed by atoms with E-state index >= 15 is 0 Å². The maximum atomic E-state index is 13.1. The minimum atomic E-state index is -2.77. The number of benzene rings is 1. The molecule has 1 amide bonds. The van der Waals surface area contributed by atoms with Crippen molar-refractivity contribution < 1.29 is 13.7 Å². The molecule has 1 aromatic carbocycles. The van der Waals surface area contributed by atoms with E-state index < -0.39 is 21.7 Å². The molecule has 0 spiro atoms. The summed E-state index contributed by atoms with van der Waals surface area (Å²) >= 11 is 0. The van der Waals surface area contributed by atoms with Crippen LogP contribution in [-0.2, 0) is 14.5 Å². The first-order chi connectivity index (χ1) is 11.1. The fourth-order valence-corrected chi connectivity index (χ4v) is 4.31. The van der Waals surface area contributed by atoms with Gasteiger partial charge in [-0.3, -0.25) is 9.78 Å². The van der Waals surface area contributed by atoms with Crippen LogP contribution in [0.5, 0.6) is 5.75 Å². The number of hydrogen-bond donors (Lipinski definition) is 1. The molecule has 1 aliphatic rings. The highest BCUT2D eigenvalue weighted by atomic mass is 32.2. The number of pyridine rings is 1. The Morgan fingerprint density at radius 2 is 2.17 bits per heavy atom. The highest BCUT2D eigenvalue weighted by Gasteiger charge is 2.25. The van der Waals surface area contributed by atoms with E-state index in [4.69, 9.17) is 4.74 Å². The van der Waals surface area contributed by atoms with Crippen LogP contribution in [0.3, 0.4) is 0 Å². The maximum absolute atomic E-state index is 13.1. The molecule has 0 aliphatic carbocycles. The quantitative estimate of drug-likeness (QED) is 0.933. The number of nitrogens with one attached hydrogen (secondary N) is 1. The number of nitrogens with zero attached hydrogens (tertiary/aromatic N) is 2. The molecule has 23 heavy (non-hydrogen) atoms. The van der Waals surface area contributed by atoms with Crippen molar-refractivity contribution in [3.05, 3.63) is 48.8 Å². The van der Waals surface area contributed by atoms with Gasteiger partial charge in [-0.1, -0.05) is 12.1 Å². The zero-order valence-electron chi connectivity index (χ0n) is 12.6. The summed E-state index contributed by atoms with van der Waals surface area (Å²) in [7, 11) is -2.77. The Bertz CT molecular complexity index is 829. The number of aromatic nitrogens is 1. The Labute approximate surface area is 135 Å². The molecule has 0 saturated heterocycles. The van der Waals surface area contributed by atoms with E-state index in [1.807, 2.05) is 12.1 Å². The lowest BCUT2D eigenvalue weighted by Gasteiger charge is -2.21. The lowest BCUT2D eigenvalue weighted by molar-refractivity contribution is -0.123. The van der Waals surface area contributed by atoms with Crippen molar-refractivity contribution in [3.8, 4) is 5.75 Å². The number of ether oxygens (including phenoxy) is 1. The van der Waals surface area contributed by atoms with Gasteiger partial charge in [-0.15, -0.1) is 0 Å². The average Bonchev–Trinajstić information content (AvgIpc) is 2.56. The van der Waals surface area contributed by atoms with Crippen LogP contribution >= 0.6 is 0 Å². The maximum Gasteiger partial charge on any atom is 0.294 e. The first-order valence-electron chi connectivity index (χ1n) is 7.27. The summed E-state index contributed by atoms with van der Waals surface area (Å²) in [5, 5.41) is 3.17. The summed E-state index contributed by atoms with van der Waals surface area (Å²) in [4.78, 5) is 16.8. The Morgan fingerprint density at radius 1 is 1.35 bits per heavy atom. The lowest BCUT2D eigenvalue weighted by atomic mass is 10.3. The van der Waals surface area contributed by atoms with Crippen LogP contribution < -0.4 is 10.1 Å². The van der Waals surface area contributed by atoms with E-state index in [-0.39, 0.29) is 0 Å². The highest BCUT2D eigenvalue weighted by Crippen LogP contribution is 2.27. The molecule has 0 fully saturated rings. The van der Waals surface area contributed by atoms with Crippen molar-refractivity contribution in [2.24, 2.45) is 4.36 Å². The monoisotopic (exact) mass is 331 g/mol. The molecule has 0 saturated carbocycles. The minimum Gasteiger partial charge on any atom is -0.479 e. The van der Waals surface area contributed by atoms with Gasteiger partial charge in [0.2, 0.25) is 0 Å². The van der Waals surface area contributed by atoms with Crippen LogP contribution in [-0.4, -0.2) is 33.5 Å². The van der Waals surface area contributed by atoms with Crippen molar-refractivity contribution in [2.75, 3.05) is 17.6 Å². The summed E-state index contributed by atoms with van der Waals surface area (Å²) in [5.41, 5.74) is 0.765. The van der Waals surface area contributed by atoms with Crippen molar-refractivity contribution in [1.82, 2.24) is 4.98 Å². The molecule has 2 aromatic rings. The Balaban J connectivity index is 1.86. The van der Waals surface area contributed by atoms with Gasteiger partial charge < -0.3 is 10.1 Å². The van der Waals surface area contributed by atoms with Crippen LogP contribution in [0.15, 0.2) is 58.1 Å². The molecule has 2 unspecified atom stereocenters. The van der Waals surface area contributed by atoms with Crippen molar-refractivity contribution in [2.45, 2.75) is 17.9 Å². The summed E-state index contributed by atoms with van der Waals surface area (Å²) in [6, 6.07) is 10.6. The number of para-hydroxylation sites is 1. The third-order valence-electron chi connectivity index (χ3n) is 3.46. The highest BCUT2D eigenvalue weighted by molar-refractivity contribution is 7.94. The molecule has 1 aliphatic heterocycles. The first kappa shape index (κ1) is 15.5. The summed E-state index contributed by atoms with van der Waals surface area (Å²) in [5.74, 6) is 0.245. The van der Waals surface area contributed by atoms with Gasteiger partial charge in [0.05, 0.1) is 32.3 Å². The SMILES string of the molecule is CC(Oc1cccnc1)C(=O)N=S1(=O)CCNc2ccccc21. The second kappa shape index (κ2) is 6.37. The van der Waals surface area contributed by atoms with Crippen LogP contribution in [0, 0.1) is 0 Å². The third-order valence-corrected chi connectivity index (χ3v) is 5.73. The van der Waals surface area contributed by atoms with Crippen LogP contribution in [0.4, 0.5) is 5.69 Å². The number of hydrogen-bond acceptors (Lipinski definition) is 5. The van der Waals surface area contributed by atoms with E-state index in [0.29, 0.717) is 22.9 Å². The molecule has 0 radical (unpaired) electrons. The molecular weight excluding hydrogens is 314 g/mol. The first-order valence-corrected chi connectivity index (χ1v) is 8.95. The number of anilines is 1. The zero-order chi connectivity index (χ0) is 16.3. The second-order valence-corrected chi connectivity index (χ2v) is 7.46. The van der Waals surface area contributed by atoms with Gasteiger partial charge >= 0.3 is 0 Å². The van der Waals surface area contributed by atoms with Crippen molar-refractivity contribution in [1.29, 1.82) is 0 Å².